The van der Waals surface area contributed by atoms with Crippen LogP contribution in [0.15, 0.2) is 18.2 Å². The Hall–Kier alpha value is -1.55. The van der Waals surface area contributed by atoms with Gasteiger partial charge in [0.05, 0.1) is 5.56 Å². The number of ether oxygens (including phenoxy) is 1. The number of rotatable bonds is 5. The number of benzene rings is 1. The Kier molecular flexibility index (Phi) is 4.20. The second kappa shape index (κ2) is 5.87. The van der Waals surface area contributed by atoms with Crippen LogP contribution in [0, 0.1) is 6.92 Å². The average molecular weight is 249 g/mol. The molecule has 0 saturated carbocycles. The fourth-order valence-corrected chi connectivity index (χ4v) is 2.26. The molecule has 4 nitrogen and oxygen atoms in total. The highest BCUT2D eigenvalue weighted by Crippen LogP contribution is 2.17. The van der Waals surface area contributed by atoms with Gasteiger partial charge in [0.2, 0.25) is 0 Å². The molecule has 0 aliphatic carbocycles. The van der Waals surface area contributed by atoms with Crippen LogP contribution < -0.4 is 4.74 Å². The van der Waals surface area contributed by atoms with Crippen LogP contribution in [0.2, 0.25) is 0 Å². The van der Waals surface area contributed by atoms with E-state index in [0.717, 1.165) is 17.9 Å². The van der Waals surface area contributed by atoms with E-state index in [2.05, 4.69) is 4.90 Å². The van der Waals surface area contributed by atoms with Gasteiger partial charge in [0.25, 0.3) is 0 Å². The number of carbonyl (C=O) groups is 1. The minimum atomic E-state index is -0.892. The number of aryl methyl sites for hydroxylation is 1. The third-order valence-corrected chi connectivity index (χ3v) is 3.30. The van der Waals surface area contributed by atoms with Crippen LogP contribution >= 0.6 is 0 Å². The highest BCUT2D eigenvalue weighted by molar-refractivity contribution is 5.89. The van der Waals surface area contributed by atoms with Gasteiger partial charge >= 0.3 is 5.97 Å². The van der Waals surface area contributed by atoms with E-state index in [-0.39, 0.29) is 0 Å². The molecule has 18 heavy (non-hydrogen) atoms. The van der Waals surface area contributed by atoms with Gasteiger partial charge in [0.1, 0.15) is 12.4 Å². The second-order valence-corrected chi connectivity index (χ2v) is 4.68. The van der Waals surface area contributed by atoms with Gasteiger partial charge in [-0.2, -0.15) is 0 Å². The lowest BCUT2D eigenvalue weighted by Crippen LogP contribution is -2.25. The van der Waals surface area contributed by atoms with Crippen molar-refractivity contribution in [3.05, 3.63) is 29.3 Å². The lowest BCUT2D eigenvalue weighted by molar-refractivity contribution is 0.0696. The summed E-state index contributed by atoms with van der Waals surface area (Å²) in [6.07, 6.45) is 2.57. The van der Waals surface area contributed by atoms with Gasteiger partial charge < -0.3 is 9.84 Å². The molecule has 0 aromatic heterocycles. The molecule has 1 heterocycles. The van der Waals surface area contributed by atoms with Crippen LogP contribution in [-0.4, -0.2) is 42.2 Å². The van der Waals surface area contributed by atoms with E-state index >= 15 is 0 Å². The van der Waals surface area contributed by atoms with E-state index < -0.39 is 5.97 Å². The Morgan fingerprint density at radius 1 is 1.39 bits per heavy atom. The van der Waals surface area contributed by atoms with E-state index in [4.69, 9.17) is 9.84 Å². The van der Waals surface area contributed by atoms with Gasteiger partial charge in [-0.3, -0.25) is 4.90 Å². The van der Waals surface area contributed by atoms with Crippen LogP contribution in [0.25, 0.3) is 0 Å². The van der Waals surface area contributed by atoms with Crippen LogP contribution in [0.4, 0.5) is 0 Å². The Balaban J connectivity index is 1.85. The van der Waals surface area contributed by atoms with Crippen LogP contribution in [0.1, 0.15) is 28.8 Å². The summed E-state index contributed by atoms with van der Waals surface area (Å²) >= 11 is 0. The summed E-state index contributed by atoms with van der Waals surface area (Å²) < 4.78 is 5.65. The first-order valence-electron chi connectivity index (χ1n) is 6.36. The zero-order valence-corrected chi connectivity index (χ0v) is 10.7. The predicted molar refractivity (Wildman–Crippen MR) is 69.3 cm³/mol. The third-order valence-electron chi connectivity index (χ3n) is 3.30. The number of carboxylic acid groups (broad SMARTS) is 1. The largest absolute Gasteiger partial charge is 0.492 e. The summed E-state index contributed by atoms with van der Waals surface area (Å²) in [5.41, 5.74) is 1.07. The molecule has 1 fully saturated rings. The molecule has 4 heteroatoms. The minimum Gasteiger partial charge on any atom is -0.492 e. The zero-order chi connectivity index (χ0) is 13.0. The average Bonchev–Trinajstić information content (AvgIpc) is 2.81. The Morgan fingerprint density at radius 3 is 2.72 bits per heavy atom. The maximum Gasteiger partial charge on any atom is 0.335 e. The first kappa shape index (κ1) is 12.9. The van der Waals surface area contributed by atoms with Crippen molar-refractivity contribution in [2.75, 3.05) is 26.2 Å². The predicted octanol–water partition coefficient (Wildman–Crippen LogP) is 2.17. The number of hydrogen-bond acceptors (Lipinski definition) is 3. The van der Waals surface area contributed by atoms with E-state index in [1.54, 1.807) is 25.1 Å². The highest BCUT2D eigenvalue weighted by Gasteiger charge is 2.11. The lowest BCUT2D eigenvalue weighted by Gasteiger charge is -2.15. The lowest BCUT2D eigenvalue weighted by atomic mass is 10.1. The van der Waals surface area contributed by atoms with E-state index in [0.29, 0.717) is 12.2 Å². The Labute approximate surface area is 107 Å². The fraction of sp³-hybridized carbons (Fsp3) is 0.500. The first-order chi connectivity index (χ1) is 8.66. The molecular weight excluding hydrogens is 230 g/mol. The van der Waals surface area contributed by atoms with E-state index in [9.17, 15) is 4.79 Å². The zero-order valence-electron chi connectivity index (χ0n) is 10.7. The molecule has 98 valence electrons. The van der Waals surface area contributed by atoms with Gasteiger partial charge in [0, 0.05) is 6.54 Å². The van der Waals surface area contributed by atoms with Crippen molar-refractivity contribution in [1.82, 2.24) is 4.90 Å². The van der Waals surface area contributed by atoms with Gasteiger partial charge in [-0.1, -0.05) is 0 Å². The maximum absolute atomic E-state index is 10.9. The quantitative estimate of drug-likeness (QED) is 0.869. The van der Waals surface area contributed by atoms with E-state index in [1.807, 2.05) is 0 Å². The van der Waals surface area contributed by atoms with E-state index in [1.165, 1.54) is 25.9 Å². The Morgan fingerprint density at radius 2 is 2.11 bits per heavy atom. The van der Waals surface area contributed by atoms with Crippen molar-refractivity contribution in [2.24, 2.45) is 0 Å². The summed E-state index contributed by atoms with van der Waals surface area (Å²) in [6, 6.07) is 5.11. The van der Waals surface area contributed by atoms with Crippen LogP contribution in [0.5, 0.6) is 5.75 Å². The SMILES string of the molecule is Cc1cc(OCCN2CCCC2)ccc1C(=O)O. The molecule has 1 saturated heterocycles. The second-order valence-electron chi connectivity index (χ2n) is 4.68. The smallest absolute Gasteiger partial charge is 0.335 e. The van der Waals surface area contributed by atoms with Crippen molar-refractivity contribution in [3.63, 3.8) is 0 Å². The minimum absolute atomic E-state index is 0.335. The summed E-state index contributed by atoms with van der Waals surface area (Å²) in [4.78, 5) is 13.3. The number of carboxylic acids is 1. The molecule has 0 amide bonds. The fourth-order valence-electron chi connectivity index (χ4n) is 2.26. The number of hydrogen-bond donors (Lipinski definition) is 1. The maximum atomic E-state index is 10.9. The van der Waals surface area contributed by atoms with Crippen LogP contribution in [-0.2, 0) is 0 Å². The molecule has 1 aromatic carbocycles. The normalized spacial score (nSPS) is 15.8. The molecule has 0 atom stereocenters. The molecule has 0 bridgehead atoms. The summed E-state index contributed by atoms with van der Waals surface area (Å²) in [5.74, 6) is -0.146. The van der Waals surface area contributed by atoms with Crippen molar-refractivity contribution < 1.29 is 14.6 Å². The standard InChI is InChI=1S/C14H19NO3/c1-11-10-12(4-5-13(11)14(16)17)18-9-8-15-6-2-3-7-15/h4-5,10H,2-3,6-9H2,1H3,(H,16,17). The van der Waals surface area contributed by atoms with Crippen LogP contribution in [0.3, 0.4) is 0 Å². The van der Waals surface area contributed by atoms with Gasteiger partial charge in [-0.05, 0) is 56.6 Å². The summed E-state index contributed by atoms with van der Waals surface area (Å²) in [5, 5.41) is 8.93. The number of likely N-dealkylation sites (tertiary alicyclic amines) is 1. The molecule has 0 unspecified atom stereocenters. The molecule has 1 aliphatic rings. The molecular formula is C14H19NO3. The first-order valence-corrected chi connectivity index (χ1v) is 6.36. The van der Waals surface area contributed by atoms with Crippen molar-refractivity contribution in [3.8, 4) is 5.75 Å². The van der Waals surface area contributed by atoms with Crippen molar-refractivity contribution in [1.29, 1.82) is 0 Å². The van der Waals surface area contributed by atoms with Crippen molar-refractivity contribution in [2.45, 2.75) is 19.8 Å². The molecule has 1 aliphatic heterocycles. The third kappa shape index (κ3) is 3.23. The topological polar surface area (TPSA) is 49.8 Å². The van der Waals surface area contributed by atoms with Gasteiger partial charge in [0.15, 0.2) is 0 Å². The van der Waals surface area contributed by atoms with Gasteiger partial charge in [-0.15, -0.1) is 0 Å². The molecule has 1 N–H and O–H groups in total. The molecule has 0 radical (unpaired) electrons. The molecule has 1 aromatic rings. The number of nitrogens with zero attached hydrogens (tertiary/aromatic N) is 1. The Bertz CT molecular complexity index is 425. The van der Waals surface area contributed by atoms with Crippen molar-refractivity contribution >= 4 is 5.97 Å². The number of aromatic carboxylic acids is 1. The summed E-state index contributed by atoms with van der Waals surface area (Å²) in [7, 11) is 0. The molecule has 0 spiro atoms. The molecule has 2 rings (SSSR count). The highest BCUT2D eigenvalue weighted by atomic mass is 16.5. The summed E-state index contributed by atoms with van der Waals surface area (Å²) in [6.45, 7) is 5.73. The monoisotopic (exact) mass is 249 g/mol. The van der Waals surface area contributed by atoms with Gasteiger partial charge in [-0.25, -0.2) is 4.79 Å².